The maximum absolute atomic E-state index is 12.9. The molecular formula is C19H16N2O3. The van der Waals surface area contributed by atoms with Crippen molar-refractivity contribution in [3.8, 4) is 0 Å². The predicted octanol–water partition coefficient (Wildman–Crippen LogP) is 2.91. The van der Waals surface area contributed by atoms with E-state index in [4.69, 9.17) is 0 Å². The average molecular weight is 320 g/mol. The highest BCUT2D eigenvalue weighted by atomic mass is 16.1. The van der Waals surface area contributed by atoms with Crippen LogP contribution in [0.4, 0.5) is 0 Å². The largest absolute Gasteiger partial charge is 0.294 e. The molecule has 0 bridgehead atoms. The lowest BCUT2D eigenvalue weighted by Gasteiger charge is -2.17. The van der Waals surface area contributed by atoms with Crippen LogP contribution in [0.5, 0.6) is 0 Å². The molecule has 0 saturated carbocycles. The topological polar surface area (TPSA) is 71.9 Å². The molecule has 0 saturated heterocycles. The Labute approximate surface area is 137 Å². The fourth-order valence-corrected chi connectivity index (χ4v) is 3.29. The van der Waals surface area contributed by atoms with Crippen molar-refractivity contribution >= 4 is 22.5 Å². The molecule has 1 heterocycles. The minimum Gasteiger partial charge on any atom is -0.294 e. The maximum Gasteiger partial charge on any atom is 0.274 e. The number of nitrogens with one attached hydrogen (secondary N) is 1. The summed E-state index contributed by atoms with van der Waals surface area (Å²) in [6.45, 7) is 2.62. The molecule has 2 aromatic carbocycles. The minimum atomic E-state index is -0.213. The second-order valence-corrected chi connectivity index (χ2v) is 6.04. The fraction of sp³-hybridized carbons (Fsp3) is 0.211. The Bertz CT molecular complexity index is 1060. The standard InChI is InChI=1S/C19H16N2O3/c1-2-3-10-21-19(24)14-9-8-13-15(16(14)20-21)18(23)12-7-5-4-6-11(12)17(13)22/h4-9,20H,2-3,10H2,1H3. The lowest BCUT2D eigenvalue weighted by atomic mass is 9.83. The summed E-state index contributed by atoms with van der Waals surface area (Å²) < 4.78 is 1.52. The van der Waals surface area contributed by atoms with Gasteiger partial charge in [0.05, 0.1) is 16.5 Å². The van der Waals surface area contributed by atoms with Crippen LogP contribution in [0.25, 0.3) is 10.9 Å². The van der Waals surface area contributed by atoms with E-state index in [1.54, 1.807) is 36.4 Å². The van der Waals surface area contributed by atoms with E-state index in [1.165, 1.54) is 4.68 Å². The number of carbonyl (C=O) groups is 2. The van der Waals surface area contributed by atoms with Gasteiger partial charge in [-0.15, -0.1) is 0 Å². The third-order valence-corrected chi connectivity index (χ3v) is 4.55. The summed E-state index contributed by atoms with van der Waals surface area (Å²) in [4.78, 5) is 38.1. The monoisotopic (exact) mass is 320 g/mol. The third-order valence-electron chi connectivity index (χ3n) is 4.55. The van der Waals surface area contributed by atoms with E-state index in [-0.39, 0.29) is 17.1 Å². The van der Waals surface area contributed by atoms with Crippen molar-refractivity contribution in [2.45, 2.75) is 26.3 Å². The van der Waals surface area contributed by atoms with E-state index >= 15 is 0 Å². The van der Waals surface area contributed by atoms with Crippen LogP contribution in [0, 0.1) is 0 Å². The van der Waals surface area contributed by atoms with Crippen molar-refractivity contribution in [3.63, 3.8) is 0 Å². The van der Waals surface area contributed by atoms with Crippen molar-refractivity contribution in [1.29, 1.82) is 0 Å². The minimum absolute atomic E-state index is 0.152. The molecule has 1 aromatic heterocycles. The Kier molecular flexibility index (Phi) is 3.23. The highest BCUT2D eigenvalue weighted by Crippen LogP contribution is 2.30. The number of hydrogen-bond acceptors (Lipinski definition) is 3. The zero-order chi connectivity index (χ0) is 16.8. The van der Waals surface area contributed by atoms with Crippen LogP contribution in [0.3, 0.4) is 0 Å². The van der Waals surface area contributed by atoms with Gasteiger partial charge in [-0.3, -0.25) is 24.2 Å². The quantitative estimate of drug-likeness (QED) is 0.631. The average Bonchev–Trinajstić information content (AvgIpc) is 2.93. The second kappa shape index (κ2) is 5.30. The van der Waals surface area contributed by atoms with Gasteiger partial charge >= 0.3 is 0 Å². The molecule has 0 spiro atoms. The first-order chi connectivity index (χ1) is 11.6. The number of aryl methyl sites for hydroxylation is 1. The first kappa shape index (κ1) is 14.6. The second-order valence-electron chi connectivity index (χ2n) is 6.04. The molecule has 120 valence electrons. The van der Waals surface area contributed by atoms with Gasteiger partial charge in [-0.05, 0) is 18.6 Å². The van der Waals surface area contributed by atoms with Gasteiger partial charge in [-0.2, -0.15) is 0 Å². The summed E-state index contributed by atoms with van der Waals surface area (Å²) in [5, 5.41) is 3.49. The fourth-order valence-electron chi connectivity index (χ4n) is 3.29. The van der Waals surface area contributed by atoms with Gasteiger partial charge in [0.25, 0.3) is 5.56 Å². The number of benzene rings is 2. The zero-order valence-corrected chi connectivity index (χ0v) is 13.3. The van der Waals surface area contributed by atoms with E-state index in [9.17, 15) is 14.4 Å². The van der Waals surface area contributed by atoms with Crippen LogP contribution >= 0.6 is 0 Å². The predicted molar refractivity (Wildman–Crippen MR) is 90.8 cm³/mol. The molecule has 5 heteroatoms. The first-order valence-electron chi connectivity index (χ1n) is 8.07. The summed E-state index contributed by atoms with van der Waals surface area (Å²) in [6, 6.07) is 10.0. The van der Waals surface area contributed by atoms with Crippen molar-refractivity contribution in [1.82, 2.24) is 9.78 Å². The van der Waals surface area contributed by atoms with Gasteiger partial charge in [0, 0.05) is 23.2 Å². The highest BCUT2D eigenvalue weighted by molar-refractivity contribution is 6.31. The molecule has 4 rings (SSSR count). The van der Waals surface area contributed by atoms with E-state index in [0.29, 0.717) is 39.7 Å². The number of nitrogens with zero attached hydrogens (tertiary/aromatic N) is 1. The first-order valence-corrected chi connectivity index (χ1v) is 8.07. The van der Waals surface area contributed by atoms with Crippen LogP contribution in [-0.4, -0.2) is 21.3 Å². The molecule has 1 N–H and O–H groups in total. The molecule has 1 aliphatic rings. The molecule has 0 aliphatic heterocycles. The lowest BCUT2D eigenvalue weighted by Crippen LogP contribution is -2.21. The van der Waals surface area contributed by atoms with Crippen molar-refractivity contribution < 1.29 is 9.59 Å². The molecule has 0 amide bonds. The summed E-state index contributed by atoms with van der Waals surface area (Å²) in [6.07, 6.45) is 1.83. The molecule has 24 heavy (non-hydrogen) atoms. The van der Waals surface area contributed by atoms with Crippen molar-refractivity contribution in [3.05, 3.63) is 69.0 Å². The van der Waals surface area contributed by atoms with Crippen LogP contribution in [0.15, 0.2) is 41.2 Å². The summed E-state index contributed by atoms with van der Waals surface area (Å²) in [5.74, 6) is -0.390. The van der Waals surface area contributed by atoms with Gasteiger partial charge < -0.3 is 0 Å². The Balaban J connectivity index is 1.99. The van der Waals surface area contributed by atoms with E-state index in [1.807, 2.05) is 0 Å². The number of rotatable bonds is 3. The van der Waals surface area contributed by atoms with Gasteiger partial charge in [-0.1, -0.05) is 37.6 Å². The maximum atomic E-state index is 12.9. The van der Waals surface area contributed by atoms with Gasteiger partial charge in [0.2, 0.25) is 0 Å². The van der Waals surface area contributed by atoms with Crippen molar-refractivity contribution in [2.75, 3.05) is 0 Å². The molecule has 1 aliphatic carbocycles. The van der Waals surface area contributed by atoms with Gasteiger partial charge in [0.15, 0.2) is 11.6 Å². The molecule has 0 unspecified atom stereocenters. The van der Waals surface area contributed by atoms with Gasteiger partial charge in [0.1, 0.15) is 0 Å². The summed E-state index contributed by atoms with van der Waals surface area (Å²) >= 11 is 0. The number of unbranched alkanes of at least 4 members (excludes halogenated alkanes) is 1. The molecule has 0 atom stereocenters. The number of aromatic nitrogens is 2. The van der Waals surface area contributed by atoms with E-state index in [2.05, 4.69) is 12.0 Å². The normalized spacial score (nSPS) is 13.2. The molecule has 0 radical (unpaired) electrons. The van der Waals surface area contributed by atoms with Crippen LogP contribution < -0.4 is 5.56 Å². The molecule has 5 nitrogen and oxygen atoms in total. The number of carbonyl (C=O) groups excluding carboxylic acids is 2. The van der Waals surface area contributed by atoms with Crippen LogP contribution in [-0.2, 0) is 6.54 Å². The van der Waals surface area contributed by atoms with E-state index in [0.717, 1.165) is 12.8 Å². The summed E-state index contributed by atoms with van der Waals surface area (Å²) in [5.41, 5.74) is 1.78. The number of hydrogen-bond donors (Lipinski definition) is 1. The van der Waals surface area contributed by atoms with Crippen LogP contribution in [0.2, 0.25) is 0 Å². The molecule has 0 fully saturated rings. The third kappa shape index (κ3) is 1.91. The van der Waals surface area contributed by atoms with Crippen molar-refractivity contribution in [2.24, 2.45) is 0 Å². The lowest BCUT2D eigenvalue weighted by molar-refractivity contribution is 0.0980. The Hall–Kier alpha value is -2.95. The van der Waals surface area contributed by atoms with Crippen LogP contribution in [0.1, 0.15) is 51.6 Å². The molecule has 3 aromatic rings. The highest BCUT2D eigenvalue weighted by Gasteiger charge is 2.32. The smallest absolute Gasteiger partial charge is 0.274 e. The number of ketones is 2. The van der Waals surface area contributed by atoms with Gasteiger partial charge in [-0.25, -0.2) is 0 Å². The Morgan fingerprint density at radius 3 is 2.33 bits per heavy atom. The number of H-pyrrole nitrogens is 1. The number of fused-ring (bicyclic) bond motifs is 4. The Morgan fingerprint density at radius 1 is 0.917 bits per heavy atom. The Morgan fingerprint density at radius 2 is 1.62 bits per heavy atom. The number of aromatic amines is 1. The zero-order valence-electron chi connectivity index (χ0n) is 13.3. The SMILES string of the molecule is CCCCn1[nH]c2c3c(ccc2c1=O)C(=O)c1ccccc1C3=O. The van der Waals surface area contributed by atoms with E-state index < -0.39 is 0 Å². The summed E-state index contributed by atoms with van der Waals surface area (Å²) in [7, 11) is 0. The molecular weight excluding hydrogens is 304 g/mol.